The normalized spacial score (nSPS) is 12.6. The van der Waals surface area contributed by atoms with Gasteiger partial charge in [-0.3, -0.25) is 4.79 Å². The fraction of sp³-hybridized carbons (Fsp3) is 0.357. The minimum atomic E-state index is -0.885. The van der Waals surface area contributed by atoms with Crippen LogP contribution in [-0.4, -0.2) is 18.2 Å². The molecule has 1 heterocycles. The number of hydrogen-bond acceptors (Lipinski definition) is 4. The van der Waals surface area contributed by atoms with E-state index in [9.17, 15) is 4.79 Å². The molecule has 1 unspecified atom stereocenters. The zero-order valence-corrected chi connectivity index (χ0v) is 12.0. The number of methoxy groups -OCH3 is 1. The molecule has 0 spiro atoms. The van der Waals surface area contributed by atoms with E-state index in [1.165, 1.54) is 7.11 Å². The lowest BCUT2D eigenvalue weighted by atomic mass is 10.0. The summed E-state index contributed by atoms with van der Waals surface area (Å²) in [5.74, 6) is 0.374. The van der Waals surface area contributed by atoms with Crippen LogP contribution < -0.4 is 10.5 Å². The molecule has 108 valence electrons. The van der Waals surface area contributed by atoms with Crippen molar-refractivity contribution in [2.24, 2.45) is 5.73 Å². The highest BCUT2D eigenvalue weighted by Gasteiger charge is 2.19. The Labute approximate surface area is 121 Å². The maximum Gasteiger partial charge on any atom is 0.303 e. The Balaban J connectivity index is 2.47. The van der Waals surface area contributed by atoms with E-state index in [0.717, 1.165) is 11.1 Å². The number of fused-ring (bicyclic) bond motifs is 1. The summed E-state index contributed by atoms with van der Waals surface area (Å²) in [5, 5.41) is 9.93. The van der Waals surface area contributed by atoms with Crippen molar-refractivity contribution in [1.82, 2.24) is 0 Å². The Morgan fingerprint density at radius 3 is 2.85 bits per heavy atom. The van der Waals surface area contributed by atoms with Crippen LogP contribution in [0, 0.1) is 6.92 Å². The number of ether oxygens (including phenoxy) is 1. The van der Waals surface area contributed by atoms with E-state index in [1.807, 2.05) is 13.0 Å². The Bertz CT molecular complexity index is 650. The van der Waals surface area contributed by atoms with E-state index < -0.39 is 12.0 Å². The molecule has 1 atom stereocenters. The molecule has 0 aliphatic rings. The number of halogens is 1. The van der Waals surface area contributed by atoms with Crippen molar-refractivity contribution < 1.29 is 19.1 Å². The number of carbonyl (C=O) groups is 1. The second-order valence-corrected chi connectivity index (χ2v) is 5.00. The third kappa shape index (κ3) is 2.73. The van der Waals surface area contributed by atoms with E-state index in [2.05, 4.69) is 0 Å². The molecule has 5 nitrogen and oxygen atoms in total. The molecule has 0 amide bonds. The molecule has 2 rings (SSSR count). The molecular formula is C14H16ClNO4. The van der Waals surface area contributed by atoms with Gasteiger partial charge in [0.05, 0.1) is 12.1 Å². The van der Waals surface area contributed by atoms with Crippen LogP contribution in [0.3, 0.4) is 0 Å². The van der Waals surface area contributed by atoms with Crippen LogP contribution >= 0.6 is 11.6 Å². The maximum atomic E-state index is 10.6. The lowest BCUT2D eigenvalue weighted by Crippen LogP contribution is -2.13. The number of aryl methyl sites for hydroxylation is 1. The highest BCUT2D eigenvalue weighted by atomic mass is 35.5. The molecule has 20 heavy (non-hydrogen) atoms. The zero-order chi connectivity index (χ0) is 14.9. The molecular weight excluding hydrogens is 282 g/mol. The highest BCUT2D eigenvalue weighted by Crippen LogP contribution is 2.39. The van der Waals surface area contributed by atoms with E-state index >= 15 is 0 Å². The molecule has 0 saturated carbocycles. The van der Waals surface area contributed by atoms with Gasteiger partial charge in [0, 0.05) is 17.8 Å². The maximum absolute atomic E-state index is 10.6. The average molecular weight is 298 g/mol. The van der Waals surface area contributed by atoms with Crippen molar-refractivity contribution in [2.45, 2.75) is 25.8 Å². The van der Waals surface area contributed by atoms with Gasteiger partial charge in [-0.05, 0) is 31.0 Å². The van der Waals surface area contributed by atoms with Gasteiger partial charge in [-0.25, -0.2) is 0 Å². The zero-order valence-electron chi connectivity index (χ0n) is 11.3. The fourth-order valence-electron chi connectivity index (χ4n) is 2.14. The van der Waals surface area contributed by atoms with Crippen LogP contribution in [0.15, 0.2) is 16.5 Å². The van der Waals surface area contributed by atoms with Crippen LogP contribution in [0.25, 0.3) is 11.0 Å². The largest absolute Gasteiger partial charge is 0.493 e. The highest BCUT2D eigenvalue weighted by molar-refractivity contribution is 6.36. The van der Waals surface area contributed by atoms with Gasteiger partial charge < -0.3 is 20.0 Å². The van der Waals surface area contributed by atoms with Gasteiger partial charge >= 0.3 is 5.97 Å². The van der Waals surface area contributed by atoms with Crippen LogP contribution in [0.4, 0.5) is 0 Å². The van der Waals surface area contributed by atoms with Crippen LogP contribution in [0.1, 0.15) is 30.2 Å². The van der Waals surface area contributed by atoms with Gasteiger partial charge in [-0.1, -0.05) is 11.6 Å². The number of benzene rings is 1. The number of nitrogens with two attached hydrogens (primary N) is 1. The molecule has 0 radical (unpaired) electrons. The summed E-state index contributed by atoms with van der Waals surface area (Å²) in [4.78, 5) is 10.6. The third-order valence-corrected chi connectivity index (χ3v) is 3.57. The number of rotatable bonds is 5. The summed E-state index contributed by atoms with van der Waals surface area (Å²) in [7, 11) is 1.53. The Hall–Kier alpha value is -1.72. The number of hydrogen-bond donors (Lipinski definition) is 2. The Kier molecular flexibility index (Phi) is 4.20. The van der Waals surface area contributed by atoms with Crippen molar-refractivity contribution >= 4 is 28.5 Å². The van der Waals surface area contributed by atoms with Crippen LogP contribution in [0.5, 0.6) is 5.75 Å². The minimum absolute atomic E-state index is 0.0116. The lowest BCUT2D eigenvalue weighted by Gasteiger charge is -2.14. The number of carboxylic acids is 1. The molecule has 0 aliphatic heterocycles. The summed E-state index contributed by atoms with van der Waals surface area (Å²) < 4.78 is 10.8. The predicted octanol–water partition coefficient (Wildman–Crippen LogP) is 3.27. The summed E-state index contributed by atoms with van der Waals surface area (Å²) in [6.45, 7) is 1.82. The van der Waals surface area contributed by atoms with Crippen molar-refractivity contribution in [3.63, 3.8) is 0 Å². The first-order chi connectivity index (χ1) is 9.43. The quantitative estimate of drug-likeness (QED) is 0.884. The SMILES string of the molecule is COc1cc(C(N)CCC(=O)O)c(Cl)c2cc(C)oc12. The van der Waals surface area contributed by atoms with Crippen LogP contribution in [-0.2, 0) is 4.79 Å². The van der Waals surface area contributed by atoms with Crippen LogP contribution in [0.2, 0.25) is 5.02 Å². The van der Waals surface area contributed by atoms with Gasteiger partial charge in [0.2, 0.25) is 0 Å². The number of carboxylic acid groups (broad SMARTS) is 1. The molecule has 0 bridgehead atoms. The summed E-state index contributed by atoms with van der Waals surface area (Å²) in [6, 6.07) is 3.06. The van der Waals surface area contributed by atoms with E-state index in [-0.39, 0.29) is 6.42 Å². The van der Waals surface area contributed by atoms with Gasteiger partial charge in [0.1, 0.15) is 5.76 Å². The molecule has 0 aliphatic carbocycles. The molecule has 1 aromatic heterocycles. The number of aliphatic carboxylic acids is 1. The van der Waals surface area contributed by atoms with Gasteiger partial charge in [-0.15, -0.1) is 0 Å². The summed E-state index contributed by atoms with van der Waals surface area (Å²) in [5.41, 5.74) is 7.27. The van der Waals surface area contributed by atoms with Gasteiger partial charge in [-0.2, -0.15) is 0 Å². The van der Waals surface area contributed by atoms with E-state index in [1.54, 1.807) is 6.07 Å². The molecule has 3 N–H and O–H groups in total. The molecule has 6 heteroatoms. The van der Waals surface area contributed by atoms with E-state index in [0.29, 0.717) is 28.3 Å². The van der Waals surface area contributed by atoms with E-state index in [4.69, 9.17) is 31.6 Å². The van der Waals surface area contributed by atoms with Gasteiger partial charge in [0.15, 0.2) is 11.3 Å². The predicted molar refractivity (Wildman–Crippen MR) is 76.3 cm³/mol. The first-order valence-corrected chi connectivity index (χ1v) is 6.55. The first kappa shape index (κ1) is 14.7. The van der Waals surface area contributed by atoms with Crippen molar-refractivity contribution in [3.05, 3.63) is 28.5 Å². The minimum Gasteiger partial charge on any atom is -0.493 e. The fourth-order valence-corrected chi connectivity index (χ4v) is 2.48. The first-order valence-electron chi connectivity index (χ1n) is 6.18. The third-order valence-electron chi connectivity index (χ3n) is 3.14. The van der Waals surface area contributed by atoms with Gasteiger partial charge in [0.25, 0.3) is 0 Å². The summed E-state index contributed by atoms with van der Waals surface area (Å²) in [6.07, 6.45) is 0.294. The molecule has 2 aromatic rings. The molecule has 0 saturated heterocycles. The standard InChI is InChI=1S/C14H16ClNO4/c1-7-5-9-13(15)8(10(16)3-4-12(17)18)6-11(19-2)14(9)20-7/h5-6,10H,3-4,16H2,1-2H3,(H,17,18). The average Bonchev–Trinajstić information content (AvgIpc) is 2.79. The monoisotopic (exact) mass is 297 g/mol. The summed E-state index contributed by atoms with van der Waals surface area (Å²) >= 11 is 6.35. The van der Waals surface area contributed by atoms with Crippen molar-refractivity contribution in [2.75, 3.05) is 7.11 Å². The second kappa shape index (κ2) is 5.73. The topological polar surface area (TPSA) is 85.7 Å². The second-order valence-electron chi connectivity index (χ2n) is 4.62. The van der Waals surface area contributed by atoms with Crippen molar-refractivity contribution in [3.8, 4) is 5.75 Å². The number of furan rings is 1. The lowest BCUT2D eigenvalue weighted by molar-refractivity contribution is -0.137. The Morgan fingerprint density at radius 2 is 2.25 bits per heavy atom. The van der Waals surface area contributed by atoms with Crippen molar-refractivity contribution in [1.29, 1.82) is 0 Å². The molecule has 0 fully saturated rings. The Morgan fingerprint density at radius 1 is 1.55 bits per heavy atom. The molecule has 1 aromatic carbocycles. The smallest absolute Gasteiger partial charge is 0.303 e.